The molecular weight excluding hydrogens is 220 g/mol. The number of rotatable bonds is 13. The van der Waals surface area contributed by atoms with Crippen LogP contribution in [0.3, 0.4) is 0 Å². The summed E-state index contributed by atoms with van der Waals surface area (Å²) in [5, 5.41) is 8.54. The third-order valence-electron chi connectivity index (χ3n) is 3.53. The molecule has 2 nitrogen and oxygen atoms in total. The minimum absolute atomic E-state index is 0.242. The van der Waals surface area contributed by atoms with Crippen LogP contribution in [0.15, 0.2) is 0 Å². The number of hydrogen-bond acceptors (Lipinski definition) is 2. The quantitative estimate of drug-likeness (QED) is 0.472. The zero-order valence-electron chi connectivity index (χ0n) is 12.3. The van der Waals surface area contributed by atoms with Gasteiger partial charge in [-0.25, -0.2) is 0 Å². The molecule has 0 amide bonds. The first-order valence-corrected chi connectivity index (χ1v) is 7.96. The van der Waals surface area contributed by atoms with Gasteiger partial charge in [0, 0.05) is 0 Å². The number of unbranched alkanes of at least 4 members (excludes halogenated alkanes) is 11. The summed E-state index contributed by atoms with van der Waals surface area (Å²) in [6, 6.07) is 1.84. The molecule has 0 saturated heterocycles. The molecule has 1 unspecified atom stereocenters. The highest BCUT2D eigenvalue weighted by Crippen LogP contribution is 2.12. The Morgan fingerprint density at radius 1 is 0.778 bits per heavy atom. The van der Waals surface area contributed by atoms with Crippen molar-refractivity contribution in [1.82, 2.24) is 0 Å². The average Bonchev–Trinajstić information content (AvgIpc) is 2.39. The predicted octanol–water partition coefficient (Wildman–Crippen LogP) is 4.93. The lowest BCUT2D eigenvalue weighted by molar-refractivity contribution is 0.535. The van der Waals surface area contributed by atoms with E-state index in [0.717, 1.165) is 12.8 Å². The van der Waals surface area contributed by atoms with E-state index in [2.05, 4.69) is 13.0 Å². The fourth-order valence-corrected chi connectivity index (χ4v) is 2.27. The Labute approximate surface area is 114 Å². The molecule has 106 valence electrons. The van der Waals surface area contributed by atoms with Crippen LogP contribution in [0.4, 0.5) is 0 Å². The molecule has 0 radical (unpaired) electrons. The van der Waals surface area contributed by atoms with E-state index in [0.29, 0.717) is 0 Å². The van der Waals surface area contributed by atoms with E-state index in [1.165, 1.54) is 70.6 Å². The van der Waals surface area contributed by atoms with Crippen LogP contribution in [0.1, 0.15) is 90.4 Å². The van der Waals surface area contributed by atoms with Crippen molar-refractivity contribution in [2.75, 3.05) is 0 Å². The molecule has 0 rings (SSSR count). The topological polar surface area (TPSA) is 49.8 Å². The fourth-order valence-electron chi connectivity index (χ4n) is 2.27. The largest absolute Gasteiger partial charge is 0.316 e. The number of hydrogen-bond donors (Lipinski definition) is 1. The van der Waals surface area contributed by atoms with Gasteiger partial charge in [0.1, 0.15) is 0 Å². The lowest BCUT2D eigenvalue weighted by atomic mass is 10.0. The maximum absolute atomic E-state index is 8.54. The van der Waals surface area contributed by atoms with Crippen LogP contribution >= 0.6 is 0 Å². The first kappa shape index (κ1) is 17.4. The normalized spacial score (nSPS) is 12.3. The van der Waals surface area contributed by atoms with Crippen molar-refractivity contribution in [3.8, 4) is 6.07 Å². The summed E-state index contributed by atoms with van der Waals surface area (Å²) in [7, 11) is 0. The SMILES string of the molecule is CCCCCCCCCCCCCCC(N)C#N. The maximum atomic E-state index is 8.54. The van der Waals surface area contributed by atoms with Gasteiger partial charge in [0.05, 0.1) is 12.1 Å². The molecule has 0 aliphatic rings. The van der Waals surface area contributed by atoms with Crippen LogP contribution in [0.2, 0.25) is 0 Å². The van der Waals surface area contributed by atoms with Crippen molar-refractivity contribution < 1.29 is 0 Å². The van der Waals surface area contributed by atoms with E-state index >= 15 is 0 Å². The van der Waals surface area contributed by atoms with Gasteiger partial charge in [0.15, 0.2) is 0 Å². The van der Waals surface area contributed by atoms with E-state index in [1.54, 1.807) is 0 Å². The summed E-state index contributed by atoms with van der Waals surface area (Å²) < 4.78 is 0. The molecule has 0 aliphatic carbocycles. The Morgan fingerprint density at radius 2 is 1.17 bits per heavy atom. The van der Waals surface area contributed by atoms with Crippen molar-refractivity contribution >= 4 is 0 Å². The van der Waals surface area contributed by atoms with Crippen molar-refractivity contribution in [1.29, 1.82) is 5.26 Å². The van der Waals surface area contributed by atoms with Gasteiger partial charge in [-0.3, -0.25) is 0 Å². The number of nitriles is 1. The third kappa shape index (κ3) is 13.5. The van der Waals surface area contributed by atoms with E-state index in [9.17, 15) is 0 Å². The highest BCUT2D eigenvalue weighted by atomic mass is 14.6. The second-order valence-electron chi connectivity index (χ2n) is 5.41. The van der Waals surface area contributed by atoms with Crippen LogP contribution in [-0.4, -0.2) is 6.04 Å². The van der Waals surface area contributed by atoms with Gasteiger partial charge in [-0.05, 0) is 6.42 Å². The Hall–Kier alpha value is -0.550. The van der Waals surface area contributed by atoms with Crippen molar-refractivity contribution in [2.24, 2.45) is 5.73 Å². The highest BCUT2D eigenvalue weighted by molar-refractivity contribution is 4.85. The van der Waals surface area contributed by atoms with E-state index in [4.69, 9.17) is 11.0 Å². The smallest absolute Gasteiger partial charge is 0.0928 e. The molecule has 0 aromatic rings. The molecule has 1 atom stereocenters. The van der Waals surface area contributed by atoms with E-state index in [1.807, 2.05) is 0 Å². The first-order chi connectivity index (χ1) is 8.81. The summed E-state index contributed by atoms with van der Waals surface area (Å²) >= 11 is 0. The monoisotopic (exact) mass is 252 g/mol. The lowest BCUT2D eigenvalue weighted by Gasteiger charge is -2.03. The maximum Gasteiger partial charge on any atom is 0.0928 e. The van der Waals surface area contributed by atoms with Crippen LogP contribution in [-0.2, 0) is 0 Å². The Bertz CT molecular complexity index is 196. The van der Waals surface area contributed by atoms with E-state index < -0.39 is 0 Å². The van der Waals surface area contributed by atoms with Gasteiger partial charge in [0.25, 0.3) is 0 Å². The zero-order valence-corrected chi connectivity index (χ0v) is 12.3. The first-order valence-electron chi connectivity index (χ1n) is 7.96. The van der Waals surface area contributed by atoms with Gasteiger partial charge in [-0.2, -0.15) is 5.26 Å². The van der Waals surface area contributed by atoms with Gasteiger partial charge in [-0.15, -0.1) is 0 Å². The minimum atomic E-state index is -0.242. The zero-order chi connectivity index (χ0) is 13.5. The van der Waals surface area contributed by atoms with Gasteiger partial charge >= 0.3 is 0 Å². The van der Waals surface area contributed by atoms with Gasteiger partial charge < -0.3 is 5.73 Å². The molecule has 0 aromatic heterocycles. The Kier molecular flexibility index (Phi) is 14.1. The van der Waals surface area contributed by atoms with Crippen LogP contribution in [0, 0.1) is 11.3 Å². The fraction of sp³-hybridized carbons (Fsp3) is 0.938. The van der Waals surface area contributed by atoms with Crippen LogP contribution < -0.4 is 5.73 Å². The second-order valence-corrected chi connectivity index (χ2v) is 5.41. The molecule has 0 aliphatic heterocycles. The van der Waals surface area contributed by atoms with Crippen LogP contribution in [0.25, 0.3) is 0 Å². The minimum Gasteiger partial charge on any atom is -0.316 e. The number of nitrogens with zero attached hydrogens (tertiary/aromatic N) is 1. The predicted molar refractivity (Wildman–Crippen MR) is 79.3 cm³/mol. The molecule has 0 aromatic carbocycles. The molecular formula is C16H32N2. The molecule has 2 heteroatoms. The van der Waals surface area contributed by atoms with Crippen molar-refractivity contribution in [3.05, 3.63) is 0 Å². The van der Waals surface area contributed by atoms with Crippen molar-refractivity contribution in [3.63, 3.8) is 0 Å². The Balaban J connectivity index is 2.97. The number of nitrogens with two attached hydrogens (primary N) is 1. The van der Waals surface area contributed by atoms with Crippen LogP contribution in [0.5, 0.6) is 0 Å². The molecule has 0 fully saturated rings. The summed E-state index contributed by atoms with van der Waals surface area (Å²) in [5.41, 5.74) is 5.54. The van der Waals surface area contributed by atoms with Gasteiger partial charge in [-0.1, -0.05) is 84.0 Å². The second kappa shape index (κ2) is 14.5. The van der Waals surface area contributed by atoms with E-state index in [-0.39, 0.29) is 6.04 Å². The molecule has 18 heavy (non-hydrogen) atoms. The molecule has 0 heterocycles. The summed E-state index contributed by atoms with van der Waals surface area (Å²) in [4.78, 5) is 0. The third-order valence-corrected chi connectivity index (χ3v) is 3.53. The molecule has 2 N–H and O–H groups in total. The lowest BCUT2D eigenvalue weighted by Crippen LogP contribution is -2.16. The molecule has 0 bridgehead atoms. The standard InChI is InChI=1S/C16H32N2/c1-2-3-4-5-6-7-8-9-10-11-12-13-14-16(18)15-17/h16H,2-14,18H2,1H3. The average molecular weight is 252 g/mol. The highest BCUT2D eigenvalue weighted by Gasteiger charge is 1.98. The van der Waals surface area contributed by atoms with Crippen molar-refractivity contribution in [2.45, 2.75) is 96.4 Å². The molecule has 0 saturated carbocycles. The summed E-state index contributed by atoms with van der Waals surface area (Å²) in [5.74, 6) is 0. The summed E-state index contributed by atoms with van der Waals surface area (Å²) in [6.07, 6.45) is 17.1. The Morgan fingerprint density at radius 3 is 1.56 bits per heavy atom. The summed E-state index contributed by atoms with van der Waals surface area (Å²) in [6.45, 7) is 2.27. The van der Waals surface area contributed by atoms with Gasteiger partial charge in [0.2, 0.25) is 0 Å². The molecule has 0 spiro atoms.